The molecule has 0 radical (unpaired) electrons. The monoisotopic (exact) mass is 299 g/mol. The molecule has 3 rings (SSSR count). The summed E-state index contributed by atoms with van der Waals surface area (Å²) >= 11 is 0. The van der Waals surface area contributed by atoms with Gasteiger partial charge in [-0.25, -0.2) is 4.79 Å². The number of imidazole rings is 1. The Labute approximate surface area is 119 Å². The number of nitrogens with one attached hydrogen (secondary N) is 1. The Kier molecular flexibility index (Phi) is 3.52. The molecule has 1 aromatic carbocycles. The van der Waals surface area contributed by atoms with E-state index in [1.54, 1.807) is 24.3 Å². The minimum absolute atomic E-state index is 0.0434. The van der Waals surface area contributed by atoms with E-state index < -0.39 is 18.4 Å². The summed E-state index contributed by atoms with van der Waals surface area (Å²) in [6.45, 7) is 0.302. The third kappa shape index (κ3) is 2.70. The number of hydrogen-bond donors (Lipinski definition) is 1. The van der Waals surface area contributed by atoms with Crippen molar-refractivity contribution < 1.29 is 13.2 Å². The molecule has 1 aliphatic heterocycles. The third-order valence-electron chi connectivity index (χ3n) is 3.88. The number of benzene rings is 1. The van der Waals surface area contributed by atoms with Crippen molar-refractivity contribution in [3.05, 3.63) is 34.7 Å². The van der Waals surface area contributed by atoms with Gasteiger partial charge in [-0.2, -0.15) is 13.2 Å². The summed E-state index contributed by atoms with van der Waals surface area (Å²) in [4.78, 5) is 12.5. The van der Waals surface area contributed by atoms with Crippen LogP contribution >= 0.6 is 0 Å². The maximum atomic E-state index is 12.7. The summed E-state index contributed by atoms with van der Waals surface area (Å²) in [5, 5.41) is 3.19. The van der Waals surface area contributed by atoms with E-state index in [0.29, 0.717) is 11.0 Å². The molecule has 1 saturated heterocycles. The van der Waals surface area contributed by atoms with E-state index in [0.717, 1.165) is 30.5 Å². The Hall–Kier alpha value is -1.76. The SMILES string of the molecule is O=c1n(CC(F)(F)F)c2ccccc2n1C1CCNCC1. The van der Waals surface area contributed by atoms with Crippen LogP contribution in [0.1, 0.15) is 18.9 Å². The number of halogens is 3. The van der Waals surface area contributed by atoms with Crippen molar-refractivity contribution in [3.63, 3.8) is 0 Å². The molecular formula is C14H16F3N3O. The number of nitrogens with zero attached hydrogens (tertiary/aromatic N) is 2. The Bertz CT molecular complexity index is 696. The smallest absolute Gasteiger partial charge is 0.317 e. The Balaban J connectivity index is 2.16. The van der Waals surface area contributed by atoms with Crippen molar-refractivity contribution in [1.82, 2.24) is 14.5 Å². The molecule has 114 valence electrons. The van der Waals surface area contributed by atoms with Gasteiger partial charge in [-0.05, 0) is 38.1 Å². The minimum atomic E-state index is -4.41. The standard InChI is InChI=1S/C14H16F3N3O/c15-14(16,17)9-19-11-3-1-2-4-12(11)20(13(19)21)10-5-7-18-8-6-10/h1-4,10,18H,5-9H2. The maximum absolute atomic E-state index is 12.7. The molecule has 0 unspecified atom stereocenters. The summed E-state index contributed by atoms with van der Waals surface area (Å²) in [7, 11) is 0. The molecule has 0 amide bonds. The predicted octanol–water partition coefficient (Wildman–Crippen LogP) is 2.29. The normalized spacial score (nSPS) is 17.5. The van der Waals surface area contributed by atoms with Gasteiger partial charge in [0.05, 0.1) is 11.0 Å². The molecule has 0 saturated carbocycles. The topological polar surface area (TPSA) is 39.0 Å². The molecule has 1 aromatic heterocycles. The van der Waals surface area contributed by atoms with Crippen LogP contribution in [0.4, 0.5) is 13.2 Å². The molecule has 1 N–H and O–H groups in total. The van der Waals surface area contributed by atoms with Crippen LogP contribution in [0.3, 0.4) is 0 Å². The molecule has 1 aliphatic rings. The fourth-order valence-electron chi connectivity index (χ4n) is 2.98. The van der Waals surface area contributed by atoms with E-state index in [1.165, 1.54) is 4.57 Å². The lowest BCUT2D eigenvalue weighted by Gasteiger charge is -2.23. The second kappa shape index (κ2) is 5.22. The average molecular weight is 299 g/mol. The molecule has 7 heteroatoms. The van der Waals surface area contributed by atoms with Gasteiger partial charge in [0.15, 0.2) is 0 Å². The maximum Gasteiger partial charge on any atom is 0.406 e. The molecule has 0 spiro atoms. The predicted molar refractivity (Wildman–Crippen MR) is 73.4 cm³/mol. The first-order valence-electron chi connectivity index (χ1n) is 6.94. The van der Waals surface area contributed by atoms with E-state index in [1.807, 2.05) is 0 Å². The minimum Gasteiger partial charge on any atom is -0.317 e. The molecular weight excluding hydrogens is 283 g/mol. The summed E-state index contributed by atoms with van der Waals surface area (Å²) in [5.74, 6) is 0. The van der Waals surface area contributed by atoms with Crippen LogP contribution in [0, 0.1) is 0 Å². The van der Waals surface area contributed by atoms with Crippen LogP contribution in [0.2, 0.25) is 0 Å². The zero-order valence-electron chi connectivity index (χ0n) is 11.4. The van der Waals surface area contributed by atoms with Gasteiger partial charge in [-0.15, -0.1) is 0 Å². The second-order valence-electron chi connectivity index (χ2n) is 5.32. The van der Waals surface area contributed by atoms with Crippen LogP contribution in [0.15, 0.2) is 29.1 Å². The van der Waals surface area contributed by atoms with Crippen molar-refractivity contribution in [2.24, 2.45) is 0 Å². The third-order valence-corrected chi connectivity index (χ3v) is 3.88. The highest BCUT2D eigenvalue weighted by atomic mass is 19.4. The molecule has 1 fully saturated rings. The van der Waals surface area contributed by atoms with Gasteiger partial charge in [0.1, 0.15) is 6.54 Å². The van der Waals surface area contributed by atoms with E-state index in [4.69, 9.17) is 0 Å². The molecule has 21 heavy (non-hydrogen) atoms. The van der Waals surface area contributed by atoms with E-state index >= 15 is 0 Å². The molecule has 2 heterocycles. The van der Waals surface area contributed by atoms with Crippen LogP contribution in [0.25, 0.3) is 11.0 Å². The molecule has 0 aliphatic carbocycles. The van der Waals surface area contributed by atoms with E-state index in [9.17, 15) is 18.0 Å². The van der Waals surface area contributed by atoms with Gasteiger partial charge >= 0.3 is 11.9 Å². The zero-order valence-corrected chi connectivity index (χ0v) is 11.4. The van der Waals surface area contributed by atoms with Crippen molar-refractivity contribution in [2.45, 2.75) is 31.6 Å². The lowest BCUT2D eigenvalue weighted by molar-refractivity contribution is -0.140. The highest BCUT2D eigenvalue weighted by Crippen LogP contribution is 2.25. The van der Waals surface area contributed by atoms with Crippen molar-refractivity contribution in [3.8, 4) is 0 Å². The number of rotatable bonds is 2. The van der Waals surface area contributed by atoms with Gasteiger partial charge in [0.25, 0.3) is 0 Å². The quantitative estimate of drug-likeness (QED) is 0.924. The van der Waals surface area contributed by atoms with Gasteiger partial charge < -0.3 is 5.32 Å². The fraction of sp³-hybridized carbons (Fsp3) is 0.500. The van der Waals surface area contributed by atoms with Gasteiger partial charge in [-0.1, -0.05) is 12.1 Å². The van der Waals surface area contributed by atoms with Crippen molar-refractivity contribution in [2.75, 3.05) is 13.1 Å². The Morgan fingerprint density at radius 3 is 2.38 bits per heavy atom. The Morgan fingerprint density at radius 2 is 1.76 bits per heavy atom. The summed E-state index contributed by atoms with van der Waals surface area (Å²) in [6, 6.07) is 6.64. The highest BCUT2D eigenvalue weighted by molar-refractivity contribution is 5.76. The lowest BCUT2D eigenvalue weighted by atomic mass is 10.1. The molecule has 0 bridgehead atoms. The van der Waals surface area contributed by atoms with Crippen LogP contribution < -0.4 is 11.0 Å². The summed E-state index contributed by atoms with van der Waals surface area (Å²) in [5.41, 5.74) is 0.359. The van der Waals surface area contributed by atoms with E-state index in [-0.39, 0.29) is 6.04 Å². The van der Waals surface area contributed by atoms with Crippen molar-refractivity contribution >= 4 is 11.0 Å². The number of alkyl halides is 3. The van der Waals surface area contributed by atoms with Crippen LogP contribution in [-0.4, -0.2) is 28.4 Å². The Morgan fingerprint density at radius 1 is 1.14 bits per heavy atom. The number of piperidine rings is 1. The average Bonchev–Trinajstić information content (AvgIpc) is 2.71. The van der Waals surface area contributed by atoms with Gasteiger partial charge in [0, 0.05) is 6.04 Å². The van der Waals surface area contributed by atoms with E-state index in [2.05, 4.69) is 5.32 Å². The molecule has 0 atom stereocenters. The van der Waals surface area contributed by atoms with Crippen LogP contribution in [0.5, 0.6) is 0 Å². The fourth-order valence-corrected chi connectivity index (χ4v) is 2.98. The highest BCUT2D eigenvalue weighted by Gasteiger charge is 2.31. The summed E-state index contributed by atoms with van der Waals surface area (Å²) in [6.07, 6.45) is -2.91. The number of hydrogen-bond acceptors (Lipinski definition) is 2. The first-order chi connectivity index (χ1) is 9.97. The zero-order chi connectivity index (χ0) is 15.0. The number of fused-ring (bicyclic) bond motifs is 1. The summed E-state index contributed by atoms with van der Waals surface area (Å²) < 4.78 is 40.5. The molecule has 4 nitrogen and oxygen atoms in total. The van der Waals surface area contributed by atoms with Gasteiger partial charge in [-0.3, -0.25) is 9.13 Å². The second-order valence-corrected chi connectivity index (χ2v) is 5.32. The number of aromatic nitrogens is 2. The molecule has 2 aromatic rings. The van der Waals surface area contributed by atoms with Gasteiger partial charge in [0.2, 0.25) is 0 Å². The number of para-hydroxylation sites is 2. The lowest BCUT2D eigenvalue weighted by Crippen LogP contribution is -2.36. The van der Waals surface area contributed by atoms with Crippen LogP contribution in [-0.2, 0) is 6.54 Å². The first-order valence-corrected chi connectivity index (χ1v) is 6.94. The largest absolute Gasteiger partial charge is 0.406 e. The van der Waals surface area contributed by atoms with Crippen molar-refractivity contribution in [1.29, 1.82) is 0 Å². The first kappa shape index (κ1) is 14.2.